The molecule has 3 rings (SSSR count). The Morgan fingerprint density at radius 1 is 1.33 bits per heavy atom. The van der Waals surface area contributed by atoms with E-state index in [0.717, 1.165) is 34.0 Å². The van der Waals surface area contributed by atoms with Gasteiger partial charge in [-0.25, -0.2) is 4.98 Å². The summed E-state index contributed by atoms with van der Waals surface area (Å²) < 4.78 is 1.98. The van der Waals surface area contributed by atoms with Gasteiger partial charge in [0.05, 0.1) is 17.4 Å². The summed E-state index contributed by atoms with van der Waals surface area (Å²) in [6.45, 7) is 6.97. The Bertz CT molecular complexity index is 780. The molecule has 0 aliphatic carbocycles. The van der Waals surface area contributed by atoms with E-state index in [1.54, 1.807) is 17.6 Å². The smallest absolute Gasteiger partial charge is 0.203 e. The van der Waals surface area contributed by atoms with Crippen LogP contribution in [0.25, 0.3) is 10.9 Å². The molecule has 0 saturated carbocycles. The van der Waals surface area contributed by atoms with Crippen molar-refractivity contribution in [3.05, 3.63) is 40.5 Å². The number of rotatable bonds is 4. The van der Waals surface area contributed by atoms with Gasteiger partial charge in [-0.05, 0) is 26.8 Å². The van der Waals surface area contributed by atoms with Crippen LogP contribution in [0.3, 0.4) is 0 Å². The predicted molar refractivity (Wildman–Crippen MR) is 88.2 cm³/mol. The first-order valence-electron chi connectivity index (χ1n) is 6.87. The molecule has 0 spiro atoms. The molecule has 108 valence electrons. The van der Waals surface area contributed by atoms with Crippen molar-refractivity contribution in [2.75, 3.05) is 5.43 Å². The highest BCUT2D eigenvalue weighted by molar-refractivity contribution is 7.15. The van der Waals surface area contributed by atoms with Crippen molar-refractivity contribution in [1.82, 2.24) is 14.8 Å². The first-order chi connectivity index (χ1) is 10.2. The molecule has 21 heavy (non-hydrogen) atoms. The maximum atomic E-state index is 4.57. The van der Waals surface area contributed by atoms with Gasteiger partial charge in [-0.2, -0.15) is 10.2 Å². The van der Waals surface area contributed by atoms with E-state index in [0.29, 0.717) is 0 Å². The second-order valence-electron chi connectivity index (χ2n) is 4.75. The van der Waals surface area contributed by atoms with Gasteiger partial charge in [0.15, 0.2) is 0 Å². The summed E-state index contributed by atoms with van der Waals surface area (Å²) in [5.74, 6) is 0. The zero-order valence-corrected chi connectivity index (χ0v) is 13.1. The Morgan fingerprint density at radius 2 is 2.14 bits per heavy atom. The highest BCUT2D eigenvalue weighted by atomic mass is 32.1. The molecular formula is C15H17N5S. The lowest BCUT2D eigenvalue weighted by Gasteiger charge is -1.95. The summed E-state index contributed by atoms with van der Waals surface area (Å²) in [4.78, 5) is 5.60. The van der Waals surface area contributed by atoms with Crippen LogP contribution >= 0.6 is 11.3 Å². The number of nitrogens with one attached hydrogen (secondary N) is 1. The fraction of sp³-hybridized carbons (Fsp3) is 0.267. The second kappa shape index (κ2) is 5.65. The molecular weight excluding hydrogens is 282 g/mol. The molecule has 0 amide bonds. The van der Waals surface area contributed by atoms with E-state index in [9.17, 15) is 0 Å². The molecule has 2 aromatic heterocycles. The lowest BCUT2D eigenvalue weighted by molar-refractivity contribution is 0.682. The summed E-state index contributed by atoms with van der Waals surface area (Å²) in [5, 5.41) is 10.7. The van der Waals surface area contributed by atoms with E-state index in [4.69, 9.17) is 0 Å². The average molecular weight is 299 g/mol. The van der Waals surface area contributed by atoms with Crippen LogP contribution in [0.5, 0.6) is 0 Å². The van der Waals surface area contributed by atoms with E-state index < -0.39 is 0 Å². The molecule has 2 heterocycles. The lowest BCUT2D eigenvalue weighted by Crippen LogP contribution is -1.97. The quantitative estimate of drug-likeness (QED) is 0.592. The Labute approximate surface area is 127 Å². The minimum atomic E-state index is 0.806. The molecule has 3 aromatic rings. The minimum absolute atomic E-state index is 0.806. The van der Waals surface area contributed by atoms with E-state index in [-0.39, 0.29) is 0 Å². The van der Waals surface area contributed by atoms with Crippen LogP contribution in [0.1, 0.15) is 23.2 Å². The standard InChI is InChI=1S/C15H17N5S/c1-4-20-14-8-6-5-7-12(14)13(19-20)9-16-18-15-17-10(2)11(3)21-15/h5-9H,4H2,1-3H3,(H,17,18)/b16-9+. The van der Waals surface area contributed by atoms with Crippen molar-refractivity contribution >= 4 is 33.6 Å². The molecule has 5 nitrogen and oxygen atoms in total. The van der Waals surface area contributed by atoms with E-state index in [1.807, 2.05) is 23.7 Å². The summed E-state index contributed by atoms with van der Waals surface area (Å²) >= 11 is 1.60. The van der Waals surface area contributed by atoms with Crippen LogP contribution in [-0.2, 0) is 6.54 Å². The topological polar surface area (TPSA) is 55.1 Å². The summed E-state index contributed by atoms with van der Waals surface area (Å²) in [5.41, 5.74) is 6.01. The molecule has 0 aliphatic rings. The molecule has 0 atom stereocenters. The van der Waals surface area contributed by atoms with Gasteiger partial charge in [0.2, 0.25) is 5.13 Å². The normalized spacial score (nSPS) is 11.6. The molecule has 0 aliphatic heterocycles. The number of aromatic nitrogens is 3. The SMILES string of the molecule is CCn1nc(/C=N/Nc2nc(C)c(C)s2)c2ccccc21. The van der Waals surface area contributed by atoms with E-state index in [2.05, 4.69) is 46.6 Å². The molecule has 0 saturated heterocycles. The third kappa shape index (κ3) is 2.67. The van der Waals surface area contributed by atoms with Gasteiger partial charge in [-0.3, -0.25) is 10.1 Å². The average Bonchev–Trinajstić information content (AvgIpc) is 3.00. The Morgan fingerprint density at radius 3 is 2.86 bits per heavy atom. The minimum Gasteiger partial charge on any atom is -0.264 e. The number of hydrogen-bond acceptors (Lipinski definition) is 5. The number of anilines is 1. The molecule has 0 unspecified atom stereocenters. The number of thiazole rings is 1. The van der Waals surface area contributed by atoms with Gasteiger partial charge in [0.25, 0.3) is 0 Å². The van der Waals surface area contributed by atoms with E-state index in [1.165, 1.54) is 4.88 Å². The number of aryl methyl sites for hydroxylation is 3. The monoisotopic (exact) mass is 299 g/mol. The lowest BCUT2D eigenvalue weighted by atomic mass is 10.2. The number of benzene rings is 1. The number of nitrogens with zero attached hydrogens (tertiary/aromatic N) is 4. The largest absolute Gasteiger partial charge is 0.264 e. The molecule has 6 heteroatoms. The van der Waals surface area contributed by atoms with Gasteiger partial charge in [-0.15, -0.1) is 11.3 Å². The highest BCUT2D eigenvalue weighted by Gasteiger charge is 2.07. The molecule has 1 N–H and O–H groups in total. The van der Waals surface area contributed by atoms with Gasteiger partial charge in [0, 0.05) is 16.8 Å². The van der Waals surface area contributed by atoms with Gasteiger partial charge >= 0.3 is 0 Å². The zero-order chi connectivity index (χ0) is 14.8. The molecule has 0 fully saturated rings. The Balaban J connectivity index is 1.86. The van der Waals surface area contributed by atoms with Crippen LogP contribution in [0.4, 0.5) is 5.13 Å². The maximum Gasteiger partial charge on any atom is 0.203 e. The van der Waals surface area contributed by atoms with Crippen LogP contribution in [0, 0.1) is 13.8 Å². The highest BCUT2D eigenvalue weighted by Crippen LogP contribution is 2.21. The van der Waals surface area contributed by atoms with Crippen LogP contribution < -0.4 is 5.43 Å². The molecule has 1 aromatic carbocycles. The van der Waals surface area contributed by atoms with Gasteiger partial charge < -0.3 is 0 Å². The van der Waals surface area contributed by atoms with Crippen LogP contribution in [0.15, 0.2) is 29.4 Å². The Hall–Kier alpha value is -2.21. The van der Waals surface area contributed by atoms with Crippen molar-refractivity contribution in [3.8, 4) is 0 Å². The van der Waals surface area contributed by atoms with Crippen molar-refractivity contribution < 1.29 is 0 Å². The third-order valence-corrected chi connectivity index (χ3v) is 4.34. The summed E-state index contributed by atoms with van der Waals surface area (Å²) in [6, 6.07) is 8.18. The number of hydrazone groups is 1. The first-order valence-corrected chi connectivity index (χ1v) is 7.69. The van der Waals surface area contributed by atoms with Crippen LogP contribution in [0.2, 0.25) is 0 Å². The first kappa shape index (κ1) is 13.8. The van der Waals surface area contributed by atoms with Crippen molar-refractivity contribution in [3.63, 3.8) is 0 Å². The number of para-hydroxylation sites is 1. The third-order valence-electron chi connectivity index (χ3n) is 3.36. The summed E-state index contributed by atoms with van der Waals surface area (Å²) in [6.07, 6.45) is 1.75. The van der Waals surface area contributed by atoms with Crippen molar-refractivity contribution in [2.45, 2.75) is 27.3 Å². The summed E-state index contributed by atoms with van der Waals surface area (Å²) in [7, 11) is 0. The molecule has 0 radical (unpaired) electrons. The van der Waals surface area contributed by atoms with E-state index >= 15 is 0 Å². The molecule has 0 bridgehead atoms. The zero-order valence-electron chi connectivity index (χ0n) is 12.3. The van der Waals surface area contributed by atoms with Crippen molar-refractivity contribution in [1.29, 1.82) is 0 Å². The number of fused-ring (bicyclic) bond motifs is 1. The fourth-order valence-corrected chi connectivity index (χ4v) is 2.92. The maximum absolute atomic E-state index is 4.57. The van der Waals surface area contributed by atoms with Crippen LogP contribution in [-0.4, -0.2) is 21.0 Å². The predicted octanol–water partition coefficient (Wildman–Crippen LogP) is 3.58. The Kier molecular flexibility index (Phi) is 3.70. The number of hydrogen-bond donors (Lipinski definition) is 1. The second-order valence-corrected chi connectivity index (χ2v) is 5.95. The van der Waals surface area contributed by atoms with Crippen molar-refractivity contribution in [2.24, 2.45) is 5.10 Å². The van der Waals surface area contributed by atoms with Gasteiger partial charge in [0.1, 0.15) is 5.69 Å². The van der Waals surface area contributed by atoms with Gasteiger partial charge in [-0.1, -0.05) is 18.2 Å². The fourth-order valence-electron chi connectivity index (χ4n) is 2.16.